The molecule has 2 aromatic heterocycles. The van der Waals surface area contributed by atoms with Crippen molar-refractivity contribution in [3.63, 3.8) is 0 Å². The van der Waals surface area contributed by atoms with E-state index in [1.165, 1.54) is 6.33 Å². The van der Waals surface area contributed by atoms with E-state index < -0.39 is 20.7 Å². The van der Waals surface area contributed by atoms with Crippen molar-refractivity contribution in [1.29, 1.82) is 0 Å². The third-order valence-corrected chi connectivity index (χ3v) is 9.50. The van der Waals surface area contributed by atoms with Crippen LogP contribution in [0.1, 0.15) is 63.1 Å². The molecule has 0 bridgehead atoms. The van der Waals surface area contributed by atoms with Crippen molar-refractivity contribution in [1.82, 2.24) is 24.2 Å². The van der Waals surface area contributed by atoms with E-state index in [1.807, 2.05) is 25.1 Å². The van der Waals surface area contributed by atoms with Gasteiger partial charge in [0.2, 0.25) is 6.54 Å². The van der Waals surface area contributed by atoms with Gasteiger partial charge in [-0.2, -0.15) is 0 Å². The smallest absolute Gasteiger partial charge is 0.259 e. The molecule has 1 unspecified atom stereocenters. The van der Waals surface area contributed by atoms with Gasteiger partial charge in [0.15, 0.2) is 11.4 Å². The van der Waals surface area contributed by atoms with Crippen molar-refractivity contribution in [2.24, 2.45) is 11.8 Å². The van der Waals surface area contributed by atoms with Gasteiger partial charge >= 0.3 is 0 Å². The van der Waals surface area contributed by atoms with E-state index in [-0.39, 0.29) is 42.7 Å². The Hall–Kier alpha value is -2.83. The van der Waals surface area contributed by atoms with Gasteiger partial charge in [0.05, 0.1) is 31.1 Å². The number of hydrogen-bond donors (Lipinski definition) is 0. The third kappa shape index (κ3) is 6.72. The van der Waals surface area contributed by atoms with Crippen LogP contribution in [0.5, 0.6) is 0 Å². The first-order valence-corrected chi connectivity index (χ1v) is 14.9. The molecule has 0 radical (unpaired) electrons. The zero-order chi connectivity index (χ0) is 28.8. The van der Waals surface area contributed by atoms with Gasteiger partial charge in [0.25, 0.3) is 8.53 Å². The van der Waals surface area contributed by atoms with E-state index in [0.717, 1.165) is 0 Å². The van der Waals surface area contributed by atoms with E-state index >= 15 is 4.39 Å². The van der Waals surface area contributed by atoms with E-state index in [9.17, 15) is 4.79 Å². The highest BCUT2D eigenvalue weighted by Gasteiger charge is 2.43. The molecule has 2 heterocycles. The number of ketones is 1. The van der Waals surface area contributed by atoms with Crippen LogP contribution in [-0.2, 0) is 15.5 Å². The molecule has 0 aliphatic heterocycles. The molecule has 1 aromatic carbocycles. The van der Waals surface area contributed by atoms with Crippen LogP contribution in [0.3, 0.4) is 0 Å². The molecule has 1 fully saturated rings. The molecule has 3 aromatic rings. The molecule has 214 valence electrons. The number of Topliss-reactive ketones (excluding diaryl/α,β-unsaturated/α-hetero) is 1. The minimum Gasteiger partial charge on any atom is -0.322 e. The minimum atomic E-state index is -1.39. The van der Waals surface area contributed by atoms with Crippen molar-refractivity contribution in [3.8, 4) is 0 Å². The number of carbonyl (C=O) groups excluding carboxylic acids is 1. The van der Waals surface area contributed by atoms with Crippen molar-refractivity contribution >= 4 is 25.5 Å². The lowest BCUT2D eigenvalue weighted by Gasteiger charge is -2.36. The predicted octanol–water partition coefficient (Wildman–Crippen LogP) is 6.09. The van der Waals surface area contributed by atoms with E-state index in [1.54, 1.807) is 23.0 Å². The van der Waals surface area contributed by atoms with Crippen LogP contribution in [0.25, 0.3) is 16.0 Å². The SMILES string of the molecule is [C-]#[N+]CCOP(OC[C@H]1C[C@@H](n2cnc3c(CC(=O)c4ccccc4)ncnc32)[C@H](F)[C@@H]1C)N(C(C)C)C(C)C. The lowest BCUT2D eigenvalue weighted by atomic mass is 9.99. The average Bonchev–Trinajstić information content (AvgIpc) is 3.48. The normalized spacial score (nSPS) is 21.9. The Kier molecular flexibility index (Phi) is 10.3. The number of alkyl halides is 1. The summed E-state index contributed by atoms with van der Waals surface area (Å²) in [6, 6.07) is 9.00. The highest BCUT2D eigenvalue weighted by atomic mass is 31.2. The monoisotopic (exact) mass is 568 g/mol. The van der Waals surface area contributed by atoms with Crippen LogP contribution in [0.2, 0.25) is 0 Å². The fraction of sp³-hybridized carbons (Fsp3) is 0.552. The molecule has 11 heteroatoms. The summed E-state index contributed by atoms with van der Waals surface area (Å²) >= 11 is 0. The molecule has 0 amide bonds. The first-order valence-electron chi connectivity index (χ1n) is 13.8. The average molecular weight is 569 g/mol. The summed E-state index contributed by atoms with van der Waals surface area (Å²) in [4.78, 5) is 29.5. The highest BCUT2D eigenvalue weighted by molar-refractivity contribution is 7.44. The summed E-state index contributed by atoms with van der Waals surface area (Å²) in [6.07, 6.45) is 2.57. The maximum absolute atomic E-state index is 15.8. The molecule has 1 saturated carbocycles. The van der Waals surface area contributed by atoms with Crippen LogP contribution in [0.15, 0.2) is 43.0 Å². The number of aromatic nitrogens is 4. The van der Waals surface area contributed by atoms with Crippen LogP contribution in [0, 0.1) is 18.4 Å². The third-order valence-electron chi connectivity index (χ3n) is 7.42. The second kappa shape index (κ2) is 13.7. The van der Waals surface area contributed by atoms with Gasteiger partial charge in [0.1, 0.15) is 24.6 Å². The Balaban J connectivity index is 1.49. The summed E-state index contributed by atoms with van der Waals surface area (Å²) in [5, 5.41) is 0. The maximum Gasteiger partial charge on any atom is 0.259 e. The molecule has 0 spiro atoms. The lowest BCUT2D eigenvalue weighted by Crippen LogP contribution is -2.34. The van der Waals surface area contributed by atoms with Crippen molar-refractivity contribution < 1.29 is 18.2 Å². The van der Waals surface area contributed by atoms with Crippen LogP contribution < -0.4 is 0 Å². The summed E-state index contributed by atoms with van der Waals surface area (Å²) in [5.41, 5.74) is 2.19. The van der Waals surface area contributed by atoms with Crippen LogP contribution in [0.4, 0.5) is 4.39 Å². The van der Waals surface area contributed by atoms with Gasteiger partial charge < -0.3 is 18.5 Å². The second-order valence-corrected chi connectivity index (χ2v) is 12.2. The fourth-order valence-corrected chi connectivity index (χ4v) is 7.02. The standard InChI is InChI=1S/C29H38FN6O3P/c1-19(2)36(20(3)4)40(38-13-12-31-6)39-16-23-14-25(27(30)21(23)5)35-18-34-28-24(32-17-33-29(28)35)15-26(37)22-10-8-7-9-11-22/h7-11,17-21,23,25,27H,12-16H2,1-5H3/t21-,23-,25-,27-,40?/m1/s1. The summed E-state index contributed by atoms with van der Waals surface area (Å²) in [6.45, 7) is 18.3. The largest absolute Gasteiger partial charge is 0.322 e. The number of rotatable bonds is 13. The molecule has 4 rings (SSSR count). The quantitative estimate of drug-likeness (QED) is 0.107. The summed E-state index contributed by atoms with van der Waals surface area (Å²) in [5.74, 6) is -0.332. The van der Waals surface area contributed by atoms with Gasteiger partial charge in [-0.1, -0.05) is 37.3 Å². The summed E-state index contributed by atoms with van der Waals surface area (Å²) in [7, 11) is -1.39. The van der Waals surface area contributed by atoms with E-state index in [0.29, 0.717) is 42.1 Å². The summed E-state index contributed by atoms with van der Waals surface area (Å²) < 4.78 is 32.1. The first kappa shape index (κ1) is 30.1. The van der Waals surface area contributed by atoms with Gasteiger partial charge in [-0.05, 0) is 46.0 Å². The minimum absolute atomic E-state index is 0.0333. The number of carbonyl (C=O) groups is 1. The number of benzene rings is 1. The Morgan fingerprint density at radius 2 is 1.90 bits per heavy atom. The van der Waals surface area contributed by atoms with Gasteiger partial charge in [0, 0.05) is 17.6 Å². The number of imidazole rings is 1. The molecule has 0 saturated heterocycles. The topological polar surface area (TPSA) is 86.7 Å². The van der Waals surface area contributed by atoms with Crippen molar-refractivity contribution in [2.75, 3.05) is 19.8 Å². The molecule has 0 N–H and O–H groups in total. The molecule has 1 aliphatic carbocycles. The molecule has 9 nitrogen and oxygen atoms in total. The Bertz CT molecular complexity index is 1310. The molecular formula is C29H38FN6O3P. The zero-order valence-electron chi connectivity index (χ0n) is 23.8. The second-order valence-electron chi connectivity index (χ2n) is 10.8. The molecule has 40 heavy (non-hydrogen) atoms. The molecular weight excluding hydrogens is 530 g/mol. The van der Waals surface area contributed by atoms with E-state index in [2.05, 4.69) is 52.2 Å². The Morgan fingerprint density at radius 3 is 2.58 bits per heavy atom. The first-order chi connectivity index (χ1) is 19.2. The maximum atomic E-state index is 15.8. The van der Waals surface area contributed by atoms with Crippen molar-refractivity contribution in [3.05, 3.63) is 65.7 Å². The molecule has 1 aliphatic rings. The number of hydrogen-bond acceptors (Lipinski definition) is 7. The zero-order valence-corrected chi connectivity index (χ0v) is 24.7. The van der Waals surface area contributed by atoms with Crippen LogP contribution in [-0.4, -0.2) is 68.0 Å². The molecule has 5 atom stereocenters. The lowest BCUT2D eigenvalue weighted by molar-refractivity contribution is 0.0992. The Morgan fingerprint density at radius 1 is 1.18 bits per heavy atom. The predicted molar refractivity (Wildman–Crippen MR) is 153 cm³/mol. The number of nitrogens with zero attached hydrogens (tertiary/aromatic N) is 6. The Labute approximate surface area is 236 Å². The van der Waals surface area contributed by atoms with E-state index in [4.69, 9.17) is 15.6 Å². The van der Waals surface area contributed by atoms with Gasteiger partial charge in [-0.3, -0.25) is 4.79 Å². The highest BCUT2D eigenvalue weighted by Crippen LogP contribution is 2.49. The van der Waals surface area contributed by atoms with Gasteiger partial charge in [-0.15, -0.1) is 0 Å². The number of halogens is 1. The van der Waals surface area contributed by atoms with Crippen LogP contribution >= 0.6 is 8.53 Å². The fourth-order valence-electron chi connectivity index (χ4n) is 5.37. The number of fused-ring (bicyclic) bond motifs is 1. The van der Waals surface area contributed by atoms with Crippen molar-refractivity contribution in [2.45, 2.75) is 71.8 Å². The van der Waals surface area contributed by atoms with Gasteiger partial charge in [-0.25, -0.2) is 30.6 Å².